The van der Waals surface area contributed by atoms with Gasteiger partial charge < -0.3 is 10.2 Å². The molecule has 1 saturated heterocycles. The first kappa shape index (κ1) is 15.5. The quantitative estimate of drug-likeness (QED) is 0.902. The summed E-state index contributed by atoms with van der Waals surface area (Å²) in [6.07, 6.45) is 2.23. The van der Waals surface area contributed by atoms with Gasteiger partial charge in [-0.3, -0.25) is 4.79 Å². The summed E-state index contributed by atoms with van der Waals surface area (Å²) < 4.78 is 0.996. The number of nitrogens with one attached hydrogen (secondary N) is 1. The largest absolute Gasteiger partial charge is 0.337 e. The average molecular weight is 334 g/mol. The maximum atomic E-state index is 12.2. The van der Waals surface area contributed by atoms with E-state index in [2.05, 4.69) is 21.2 Å². The third-order valence-corrected chi connectivity index (χ3v) is 3.76. The second kappa shape index (κ2) is 7.12. The molecule has 0 spiro atoms. The van der Waals surface area contributed by atoms with E-state index in [1.54, 1.807) is 0 Å². The molecule has 1 heterocycles. The number of piperidine rings is 1. The highest BCUT2D eigenvalue weighted by molar-refractivity contribution is 9.10. The van der Waals surface area contributed by atoms with Gasteiger partial charge in [0.25, 0.3) is 5.91 Å². The van der Waals surface area contributed by atoms with Crippen LogP contribution in [0.5, 0.6) is 0 Å². The Labute approximate surface area is 122 Å². The van der Waals surface area contributed by atoms with Crippen LogP contribution >= 0.6 is 28.3 Å². The number of rotatable bonds is 2. The van der Waals surface area contributed by atoms with E-state index in [0.29, 0.717) is 6.04 Å². The molecule has 0 radical (unpaired) electrons. The summed E-state index contributed by atoms with van der Waals surface area (Å²) >= 11 is 3.37. The summed E-state index contributed by atoms with van der Waals surface area (Å²) in [6, 6.07) is 7.85. The lowest BCUT2D eigenvalue weighted by atomic mass is 10.1. The van der Waals surface area contributed by atoms with Gasteiger partial charge in [0.2, 0.25) is 0 Å². The Hall–Kier alpha value is -0.580. The molecular weight excluding hydrogens is 316 g/mol. The monoisotopic (exact) mass is 332 g/mol. The smallest absolute Gasteiger partial charge is 0.253 e. The minimum atomic E-state index is 0. The minimum Gasteiger partial charge on any atom is -0.337 e. The van der Waals surface area contributed by atoms with Crippen molar-refractivity contribution in [2.45, 2.75) is 18.9 Å². The van der Waals surface area contributed by atoms with Gasteiger partial charge >= 0.3 is 0 Å². The van der Waals surface area contributed by atoms with Crippen molar-refractivity contribution < 1.29 is 4.79 Å². The summed E-state index contributed by atoms with van der Waals surface area (Å²) in [7, 11) is 1.89. The SMILES string of the molecule is CN(C(=O)c1ccc(Br)cc1)C1CCCNC1.Cl. The van der Waals surface area contributed by atoms with E-state index >= 15 is 0 Å². The molecule has 1 aromatic rings. The third-order valence-electron chi connectivity index (χ3n) is 3.23. The van der Waals surface area contributed by atoms with Gasteiger partial charge in [-0.2, -0.15) is 0 Å². The highest BCUT2D eigenvalue weighted by Gasteiger charge is 2.22. The molecule has 2 rings (SSSR count). The first-order valence-electron chi connectivity index (χ1n) is 5.92. The van der Waals surface area contributed by atoms with Gasteiger partial charge in [-0.1, -0.05) is 15.9 Å². The number of nitrogens with zero attached hydrogens (tertiary/aromatic N) is 1. The molecule has 18 heavy (non-hydrogen) atoms. The zero-order valence-electron chi connectivity index (χ0n) is 10.4. The van der Waals surface area contributed by atoms with Gasteiger partial charge in [-0.05, 0) is 43.7 Å². The lowest BCUT2D eigenvalue weighted by Crippen LogP contribution is -2.46. The first-order chi connectivity index (χ1) is 8.18. The molecule has 1 amide bonds. The summed E-state index contributed by atoms with van der Waals surface area (Å²) in [5.74, 6) is 0.103. The highest BCUT2D eigenvalue weighted by Crippen LogP contribution is 2.15. The van der Waals surface area contributed by atoms with Gasteiger partial charge in [-0.25, -0.2) is 0 Å². The fraction of sp³-hybridized carbons (Fsp3) is 0.462. The zero-order chi connectivity index (χ0) is 12.3. The molecule has 0 saturated carbocycles. The summed E-state index contributed by atoms with van der Waals surface area (Å²) in [4.78, 5) is 14.1. The van der Waals surface area contributed by atoms with Gasteiger partial charge in [-0.15, -0.1) is 12.4 Å². The Kier molecular flexibility index (Phi) is 6.12. The number of carbonyl (C=O) groups excluding carboxylic acids is 1. The van der Waals surface area contributed by atoms with E-state index in [9.17, 15) is 4.79 Å². The molecule has 5 heteroatoms. The third kappa shape index (κ3) is 3.70. The van der Waals surface area contributed by atoms with Crippen LogP contribution in [0.3, 0.4) is 0 Å². The van der Waals surface area contributed by atoms with Crippen LogP contribution < -0.4 is 5.32 Å². The van der Waals surface area contributed by atoms with Crippen molar-refractivity contribution in [3.63, 3.8) is 0 Å². The van der Waals surface area contributed by atoms with Gasteiger partial charge in [0, 0.05) is 29.7 Å². The Bertz CT molecular complexity index is 390. The lowest BCUT2D eigenvalue weighted by molar-refractivity contribution is 0.0708. The van der Waals surface area contributed by atoms with Crippen molar-refractivity contribution in [1.82, 2.24) is 10.2 Å². The molecular formula is C13H18BrClN2O. The van der Waals surface area contributed by atoms with Crippen molar-refractivity contribution in [1.29, 1.82) is 0 Å². The maximum absolute atomic E-state index is 12.2. The number of halogens is 2. The predicted molar refractivity (Wildman–Crippen MR) is 79.4 cm³/mol. The fourth-order valence-electron chi connectivity index (χ4n) is 2.13. The number of carbonyl (C=O) groups is 1. The Morgan fingerprint density at radius 1 is 1.39 bits per heavy atom. The lowest BCUT2D eigenvalue weighted by Gasteiger charge is -2.31. The maximum Gasteiger partial charge on any atom is 0.253 e. The van der Waals surface area contributed by atoms with Crippen LogP contribution in [-0.4, -0.2) is 37.0 Å². The molecule has 1 atom stereocenters. The molecule has 1 unspecified atom stereocenters. The Morgan fingerprint density at radius 2 is 2.06 bits per heavy atom. The highest BCUT2D eigenvalue weighted by atomic mass is 79.9. The number of benzene rings is 1. The van der Waals surface area contributed by atoms with Crippen LogP contribution in [0.1, 0.15) is 23.2 Å². The minimum absolute atomic E-state index is 0. The van der Waals surface area contributed by atoms with Gasteiger partial charge in [0.1, 0.15) is 0 Å². The van der Waals surface area contributed by atoms with E-state index in [1.165, 1.54) is 0 Å². The van der Waals surface area contributed by atoms with Crippen LogP contribution in [0.2, 0.25) is 0 Å². The van der Waals surface area contributed by atoms with Crippen LogP contribution in [0.15, 0.2) is 28.7 Å². The topological polar surface area (TPSA) is 32.3 Å². The molecule has 3 nitrogen and oxygen atoms in total. The zero-order valence-corrected chi connectivity index (χ0v) is 12.8. The van der Waals surface area contributed by atoms with E-state index in [1.807, 2.05) is 36.2 Å². The van der Waals surface area contributed by atoms with Crippen molar-refractivity contribution in [3.05, 3.63) is 34.3 Å². The van der Waals surface area contributed by atoms with Crippen molar-refractivity contribution >= 4 is 34.2 Å². The van der Waals surface area contributed by atoms with E-state index in [-0.39, 0.29) is 18.3 Å². The Morgan fingerprint density at radius 3 is 2.61 bits per heavy atom. The summed E-state index contributed by atoms with van der Waals surface area (Å²) in [5, 5.41) is 3.33. The summed E-state index contributed by atoms with van der Waals surface area (Å²) in [5.41, 5.74) is 0.751. The fourth-order valence-corrected chi connectivity index (χ4v) is 2.39. The molecule has 1 fully saturated rings. The normalized spacial score (nSPS) is 18.9. The standard InChI is InChI=1S/C13H17BrN2O.ClH/c1-16(12-3-2-8-15-9-12)13(17)10-4-6-11(14)7-5-10;/h4-7,12,15H,2-3,8-9H2,1H3;1H. The number of amides is 1. The van der Waals surface area contributed by atoms with Crippen molar-refractivity contribution in [3.8, 4) is 0 Å². The van der Waals surface area contributed by atoms with Crippen LogP contribution in [0.25, 0.3) is 0 Å². The van der Waals surface area contributed by atoms with Crippen LogP contribution in [-0.2, 0) is 0 Å². The number of hydrogen-bond donors (Lipinski definition) is 1. The van der Waals surface area contributed by atoms with Crippen molar-refractivity contribution in [2.75, 3.05) is 20.1 Å². The summed E-state index contributed by atoms with van der Waals surface area (Å²) in [6.45, 7) is 1.97. The first-order valence-corrected chi connectivity index (χ1v) is 6.71. The molecule has 0 aromatic heterocycles. The molecule has 1 N–H and O–H groups in total. The molecule has 0 bridgehead atoms. The number of hydrogen-bond acceptors (Lipinski definition) is 2. The van der Waals surface area contributed by atoms with Crippen LogP contribution in [0.4, 0.5) is 0 Å². The predicted octanol–water partition coefficient (Wildman–Crippen LogP) is 2.69. The van der Waals surface area contributed by atoms with Crippen molar-refractivity contribution in [2.24, 2.45) is 0 Å². The second-order valence-corrected chi connectivity index (χ2v) is 5.34. The second-order valence-electron chi connectivity index (χ2n) is 4.42. The average Bonchev–Trinajstić information content (AvgIpc) is 2.39. The molecule has 1 aliphatic heterocycles. The number of likely N-dealkylation sites (N-methyl/N-ethyl adjacent to an activating group) is 1. The van der Waals surface area contributed by atoms with Gasteiger partial charge in [0.15, 0.2) is 0 Å². The van der Waals surface area contributed by atoms with E-state index in [0.717, 1.165) is 36.0 Å². The van der Waals surface area contributed by atoms with Gasteiger partial charge in [0.05, 0.1) is 0 Å². The molecule has 100 valence electrons. The Balaban J connectivity index is 0.00000162. The molecule has 1 aromatic carbocycles. The van der Waals surface area contributed by atoms with E-state index in [4.69, 9.17) is 0 Å². The van der Waals surface area contributed by atoms with E-state index < -0.39 is 0 Å². The van der Waals surface area contributed by atoms with Crippen LogP contribution in [0, 0.1) is 0 Å². The molecule has 1 aliphatic rings. The molecule has 0 aliphatic carbocycles.